The molecule has 9 amide bonds. The fraction of sp³-hybridized carbons (Fsp3) is 0.681. The molecule has 27 heteroatoms. The Morgan fingerprint density at radius 1 is 0.707 bits per heavy atom. The van der Waals surface area contributed by atoms with E-state index in [1.54, 1.807) is 109 Å². The van der Waals surface area contributed by atoms with Crippen molar-refractivity contribution in [1.29, 1.82) is 0 Å². The maximum atomic E-state index is 14.9. The molecule has 554 valence electrons. The van der Waals surface area contributed by atoms with Gasteiger partial charge in [-0.25, -0.2) is 4.79 Å². The van der Waals surface area contributed by atoms with Gasteiger partial charge < -0.3 is 55.1 Å². The monoisotopic (exact) mass is 1400 g/mol. The number of anilines is 1. The van der Waals surface area contributed by atoms with Gasteiger partial charge in [-0.15, -0.1) is 0 Å². The van der Waals surface area contributed by atoms with Crippen LogP contribution in [-0.2, 0) is 63.9 Å². The molecule has 2 fully saturated rings. The number of methoxy groups -OCH3 is 2. The summed E-state index contributed by atoms with van der Waals surface area (Å²) in [6, 6.07) is 6.98. The van der Waals surface area contributed by atoms with Crippen LogP contribution >= 0.6 is 0 Å². The van der Waals surface area contributed by atoms with Gasteiger partial charge in [0.05, 0.1) is 68.0 Å². The number of aliphatic hydroxyl groups is 1. The van der Waals surface area contributed by atoms with Gasteiger partial charge in [-0.2, -0.15) is 13.2 Å². The molecule has 0 aromatic heterocycles. The molecule has 3 heterocycles. The Morgan fingerprint density at radius 2 is 1.34 bits per heavy atom. The van der Waals surface area contributed by atoms with Crippen LogP contribution in [0.15, 0.2) is 66.7 Å². The number of hydrogen-bond donors (Lipinski definition) is 6. The highest BCUT2D eigenvalue weighted by Crippen LogP contribution is 2.32. The summed E-state index contributed by atoms with van der Waals surface area (Å²) < 4.78 is 66.9. The van der Waals surface area contributed by atoms with E-state index in [1.807, 2.05) is 32.0 Å². The van der Waals surface area contributed by atoms with E-state index in [4.69, 9.17) is 18.9 Å². The largest absolute Gasteiger partial charge is 0.445 e. The first-order valence-corrected chi connectivity index (χ1v) is 35.1. The first-order chi connectivity index (χ1) is 46.8. The quantitative estimate of drug-likeness (QED) is 0.0286. The zero-order valence-electron chi connectivity index (χ0n) is 60.4. The van der Waals surface area contributed by atoms with Crippen LogP contribution in [0.1, 0.15) is 151 Å². The number of amides is 9. The van der Waals surface area contributed by atoms with Crippen LogP contribution in [0.4, 0.5) is 23.7 Å². The van der Waals surface area contributed by atoms with Gasteiger partial charge in [-0.3, -0.25) is 58.4 Å². The molecule has 6 N–H and O–H groups in total. The summed E-state index contributed by atoms with van der Waals surface area (Å²) in [5.41, 5.74) is 1.49. The van der Waals surface area contributed by atoms with E-state index in [0.717, 1.165) is 17.1 Å². The molecule has 3 aliphatic heterocycles. The zero-order chi connectivity index (χ0) is 73.4. The Hall–Kier alpha value is -7.04. The second-order valence-corrected chi connectivity index (χ2v) is 27.7. The average Bonchev–Trinajstić information content (AvgIpc) is 1.80. The molecule has 5 rings (SSSR count). The van der Waals surface area contributed by atoms with Crippen LogP contribution in [0.3, 0.4) is 0 Å². The van der Waals surface area contributed by atoms with E-state index in [9.17, 15) is 61.4 Å². The molecule has 0 saturated carbocycles. The van der Waals surface area contributed by atoms with E-state index in [0.29, 0.717) is 94.7 Å². The van der Waals surface area contributed by atoms with Crippen molar-refractivity contribution in [2.24, 2.45) is 29.6 Å². The highest BCUT2D eigenvalue weighted by atomic mass is 19.4. The van der Waals surface area contributed by atoms with Crippen LogP contribution in [0.25, 0.3) is 0 Å². The molecular weight excluding hydrogens is 1290 g/mol. The molecule has 2 aromatic carbocycles. The predicted molar refractivity (Wildman–Crippen MR) is 368 cm³/mol. The van der Waals surface area contributed by atoms with Crippen molar-refractivity contribution < 1.29 is 80.4 Å². The molecule has 24 nitrogen and oxygen atoms in total. The number of imide groups is 1. The SMILES string of the molecule is CCC(C)C(C(CC(=O)N1CCCC1C(OC)C(C)C(=O)NC(C)C(O)c1ccccc1)OC)N(C)C(=O)C(NC(=O)C(C(C)C)N(C)C(=O)OCc1ccc(NC(=O)C(CCCN2CCOCC2)NC(=O)C(NC(CCCCCN2C(=O)C=CC2=O)C(F)(F)F)C(C)C)cc1)C(C)C. The summed E-state index contributed by atoms with van der Waals surface area (Å²) in [4.78, 5) is 131. The van der Waals surface area contributed by atoms with Crippen molar-refractivity contribution in [2.75, 3.05) is 79.6 Å². The Bertz CT molecular complexity index is 2960. The minimum absolute atomic E-state index is 0.0800. The summed E-state index contributed by atoms with van der Waals surface area (Å²) in [6.45, 7) is 21.0. The van der Waals surface area contributed by atoms with Gasteiger partial charge in [0, 0.05) is 72.3 Å². The molecule has 13 unspecified atom stereocenters. The lowest BCUT2D eigenvalue weighted by Gasteiger charge is -2.41. The van der Waals surface area contributed by atoms with E-state index in [2.05, 4.69) is 31.5 Å². The van der Waals surface area contributed by atoms with Gasteiger partial charge in [0.25, 0.3) is 11.8 Å². The lowest BCUT2D eigenvalue weighted by molar-refractivity contribution is -0.161. The minimum atomic E-state index is -4.72. The van der Waals surface area contributed by atoms with Gasteiger partial charge in [-0.05, 0) is 98.9 Å². The van der Waals surface area contributed by atoms with Crippen LogP contribution in [-0.4, -0.2) is 224 Å². The third kappa shape index (κ3) is 24.1. The number of ether oxygens (including phenoxy) is 4. The number of nitrogens with one attached hydrogen (secondary N) is 5. The number of carbonyl (C=O) groups excluding carboxylic acids is 9. The van der Waals surface area contributed by atoms with E-state index in [1.165, 1.54) is 26.2 Å². The molecule has 3 aliphatic rings. The standard InChI is InChI=1S/C72H111F3N10O14/c1-15-47(8)63(55(96-13)42-59(88)84-37-23-27-54(84)65(97-14)48(9)66(90)76-49(10)64(89)51-24-18-16-19-25-51)81(11)70(94)61(45(4)5)80-69(93)62(46(6)7)82(12)71(95)99-43-50-29-31-52(32-30-50)77-67(91)53(26-22-35-83-38-40-98-41-39-83)78-68(92)60(44(2)3)79-56(72(73,74)75)28-20-17-21-36-85-57(86)33-34-58(85)87/h16,18-19,24-25,29-34,44-49,53-56,60-65,79,89H,15,17,20-23,26-28,35-43H2,1-14H3,(H,76,90)(H,77,91)(H,78,92)(H,80,93). The van der Waals surface area contributed by atoms with Crippen molar-refractivity contribution in [3.63, 3.8) is 0 Å². The molecule has 2 saturated heterocycles. The van der Waals surface area contributed by atoms with Gasteiger partial charge in [0.15, 0.2) is 0 Å². The van der Waals surface area contributed by atoms with Crippen LogP contribution < -0.4 is 26.6 Å². The highest BCUT2D eigenvalue weighted by molar-refractivity contribution is 6.12. The molecule has 0 radical (unpaired) electrons. The van der Waals surface area contributed by atoms with Gasteiger partial charge >= 0.3 is 12.3 Å². The van der Waals surface area contributed by atoms with Gasteiger partial charge in [0.1, 0.15) is 30.8 Å². The summed E-state index contributed by atoms with van der Waals surface area (Å²) in [7, 11) is 6.06. The molecule has 99 heavy (non-hydrogen) atoms. The number of morpholine rings is 1. The van der Waals surface area contributed by atoms with Crippen LogP contribution in [0, 0.1) is 29.6 Å². The van der Waals surface area contributed by atoms with Crippen molar-refractivity contribution in [3.8, 4) is 0 Å². The van der Waals surface area contributed by atoms with E-state index >= 15 is 0 Å². The number of carbonyl (C=O) groups is 9. The van der Waals surface area contributed by atoms with Crippen LogP contribution in [0.5, 0.6) is 0 Å². The van der Waals surface area contributed by atoms with Crippen LogP contribution in [0.2, 0.25) is 0 Å². The van der Waals surface area contributed by atoms with E-state index in [-0.39, 0.29) is 56.6 Å². The van der Waals surface area contributed by atoms with Crippen molar-refractivity contribution in [1.82, 2.24) is 45.8 Å². The Morgan fingerprint density at radius 3 is 1.92 bits per heavy atom. The maximum absolute atomic E-state index is 14.9. The minimum Gasteiger partial charge on any atom is -0.445 e. The topological polar surface area (TPSA) is 287 Å². The lowest BCUT2D eigenvalue weighted by atomic mass is 9.89. The number of rotatable bonds is 39. The second kappa shape index (κ2) is 39.8. The van der Waals surface area contributed by atoms with Gasteiger partial charge in [-0.1, -0.05) is 124 Å². The summed E-state index contributed by atoms with van der Waals surface area (Å²) >= 11 is 0. The number of aliphatic hydroxyl groups excluding tert-OH is 1. The second-order valence-electron chi connectivity index (χ2n) is 27.7. The fourth-order valence-corrected chi connectivity index (χ4v) is 13.3. The Labute approximate surface area is 582 Å². The first kappa shape index (κ1) is 82.6. The maximum Gasteiger partial charge on any atom is 0.410 e. The fourth-order valence-electron chi connectivity index (χ4n) is 13.3. The van der Waals surface area contributed by atoms with Crippen molar-refractivity contribution in [3.05, 3.63) is 77.9 Å². The molecule has 0 bridgehead atoms. The molecule has 13 atom stereocenters. The summed E-state index contributed by atoms with van der Waals surface area (Å²) in [5.74, 6) is -6.33. The average molecular weight is 1400 g/mol. The predicted octanol–water partition coefficient (Wildman–Crippen LogP) is 7.15. The molecule has 2 aromatic rings. The van der Waals surface area contributed by atoms with Crippen molar-refractivity contribution >= 4 is 59.0 Å². The number of halogens is 3. The number of alkyl halides is 3. The van der Waals surface area contributed by atoms with E-state index < -0.39 is 138 Å². The Balaban J connectivity index is 1.20. The van der Waals surface area contributed by atoms with Crippen molar-refractivity contribution in [2.45, 2.75) is 213 Å². The first-order valence-electron chi connectivity index (χ1n) is 35.1. The molecule has 0 spiro atoms. The normalized spacial score (nSPS) is 18.9. The summed E-state index contributed by atoms with van der Waals surface area (Å²) in [5, 5.41) is 24.9. The number of hydrogen-bond acceptors (Lipinski definition) is 16. The smallest absolute Gasteiger partial charge is 0.410 e. The lowest BCUT2D eigenvalue weighted by Crippen LogP contribution is -2.60. The Kier molecular flexibility index (Phi) is 33.2. The zero-order valence-corrected chi connectivity index (χ0v) is 60.4. The number of nitrogens with zero attached hydrogens (tertiary/aromatic N) is 5. The third-order valence-electron chi connectivity index (χ3n) is 19.4. The molecular formula is C72H111F3N10O14. The number of likely N-dealkylation sites (tertiary alicyclic amines) is 1. The number of likely N-dealkylation sites (N-methyl/N-ethyl adjacent to an activating group) is 2. The summed E-state index contributed by atoms with van der Waals surface area (Å²) in [6.07, 6.45) is -2.95. The highest BCUT2D eigenvalue weighted by Gasteiger charge is 2.45. The number of benzene rings is 2. The molecule has 0 aliphatic carbocycles. The van der Waals surface area contributed by atoms with Gasteiger partial charge in [0.2, 0.25) is 35.4 Å². The number of unbranched alkanes of at least 4 members (excludes halogenated alkanes) is 2. The third-order valence-corrected chi connectivity index (χ3v) is 19.4.